The first-order valence-electron chi connectivity index (χ1n) is 15.2. The average molecular weight is 592 g/mol. The Bertz CT molecular complexity index is 1650. The van der Waals surface area contributed by atoms with Crippen LogP contribution in [0.5, 0.6) is 0 Å². The van der Waals surface area contributed by atoms with Crippen LogP contribution in [0.1, 0.15) is 29.5 Å². The predicted molar refractivity (Wildman–Crippen MR) is 167 cm³/mol. The van der Waals surface area contributed by atoms with Crippen molar-refractivity contribution in [2.75, 3.05) is 13.6 Å². The second kappa shape index (κ2) is 12.8. The Kier molecular flexibility index (Phi) is 8.45. The number of H-pyrrole nitrogens is 1. The number of aromatic amines is 1. The zero-order valence-electron chi connectivity index (χ0n) is 24.7. The summed E-state index contributed by atoms with van der Waals surface area (Å²) < 4.78 is 0. The lowest BCUT2D eigenvalue weighted by atomic mass is 9.99. The van der Waals surface area contributed by atoms with Crippen molar-refractivity contribution in [3.63, 3.8) is 0 Å². The Morgan fingerprint density at radius 1 is 0.705 bits per heavy atom. The Balaban J connectivity index is 1.39. The molecule has 226 valence electrons. The van der Waals surface area contributed by atoms with Gasteiger partial charge in [-0.15, -0.1) is 0 Å². The number of rotatable bonds is 6. The van der Waals surface area contributed by atoms with Crippen LogP contribution in [0.25, 0.3) is 10.9 Å². The van der Waals surface area contributed by atoms with Gasteiger partial charge in [-0.1, -0.05) is 78.9 Å². The first kappa shape index (κ1) is 29.2. The number of hydrogen-bond acceptors (Lipinski definition) is 4. The summed E-state index contributed by atoms with van der Waals surface area (Å²) in [5, 5.41) is 6.92. The van der Waals surface area contributed by atoms with E-state index in [1.165, 1.54) is 4.90 Å². The first-order chi connectivity index (χ1) is 21.4. The number of benzene rings is 3. The number of amides is 4. The highest BCUT2D eigenvalue weighted by Gasteiger charge is 2.42. The smallest absolute Gasteiger partial charge is 0.246 e. The number of carbonyl (C=O) groups is 4. The summed E-state index contributed by atoms with van der Waals surface area (Å²) in [6.45, 7) is 0.415. The van der Waals surface area contributed by atoms with Gasteiger partial charge in [-0.2, -0.15) is 0 Å². The van der Waals surface area contributed by atoms with Crippen LogP contribution in [-0.2, 0) is 38.4 Å². The number of fused-ring (bicyclic) bond motifs is 2. The van der Waals surface area contributed by atoms with E-state index in [9.17, 15) is 19.2 Å². The molecule has 6 rings (SSSR count). The molecule has 4 atom stereocenters. The van der Waals surface area contributed by atoms with Gasteiger partial charge in [0.25, 0.3) is 0 Å². The molecule has 4 amide bonds. The lowest BCUT2D eigenvalue weighted by Gasteiger charge is -2.36. The minimum atomic E-state index is -0.983. The molecule has 0 bridgehead atoms. The van der Waals surface area contributed by atoms with Crippen LogP contribution in [0.3, 0.4) is 0 Å². The molecule has 0 aliphatic carbocycles. The van der Waals surface area contributed by atoms with Crippen molar-refractivity contribution in [1.29, 1.82) is 0 Å². The maximum Gasteiger partial charge on any atom is 0.246 e. The van der Waals surface area contributed by atoms with E-state index in [2.05, 4.69) is 15.6 Å². The van der Waals surface area contributed by atoms with Crippen LogP contribution < -0.4 is 10.6 Å². The fourth-order valence-electron chi connectivity index (χ4n) is 6.44. The largest absolute Gasteiger partial charge is 0.361 e. The molecule has 3 N–H and O–H groups in total. The van der Waals surface area contributed by atoms with E-state index < -0.39 is 36.0 Å². The maximum atomic E-state index is 14.1. The molecule has 0 radical (unpaired) electrons. The van der Waals surface area contributed by atoms with Gasteiger partial charge in [0.2, 0.25) is 23.6 Å². The number of nitrogens with one attached hydrogen (secondary N) is 3. The molecule has 2 aliphatic heterocycles. The van der Waals surface area contributed by atoms with Crippen molar-refractivity contribution in [3.8, 4) is 0 Å². The van der Waals surface area contributed by atoms with E-state index in [0.717, 1.165) is 27.6 Å². The monoisotopic (exact) mass is 591 g/mol. The zero-order chi connectivity index (χ0) is 30.6. The van der Waals surface area contributed by atoms with Crippen LogP contribution in [0.2, 0.25) is 0 Å². The first-order valence-corrected chi connectivity index (χ1v) is 15.2. The molecule has 0 saturated carbocycles. The van der Waals surface area contributed by atoms with Crippen LogP contribution in [0.15, 0.2) is 91.1 Å². The van der Waals surface area contributed by atoms with E-state index in [-0.39, 0.29) is 31.1 Å². The molecule has 2 saturated heterocycles. The van der Waals surface area contributed by atoms with E-state index in [0.29, 0.717) is 19.4 Å². The van der Waals surface area contributed by atoms with Crippen LogP contribution in [0, 0.1) is 0 Å². The Morgan fingerprint density at radius 2 is 1.34 bits per heavy atom. The summed E-state index contributed by atoms with van der Waals surface area (Å²) in [7, 11) is 1.62. The number of para-hydroxylation sites is 1. The minimum absolute atomic E-state index is 0.204. The molecule has 2 fully saturated rings. The molecule has 3 heterocycles. The molecule has 1 aromatic heterocycles. The second-order valence-electron chi connectivity index (χ2n) is 11.7. The molecule has 44 heavy (non-hydrogen) atoms. The Labute approximate surface area is 256 Å². The Morgan fingerprint density at radius 3 is 2.07 bits per heavy atom. The highest BCUT2D eigenvalue weighted by molar-refractivity contribution is 5.98. The summed E-state index contributed by atoms with van der Waals surface area (Å²) in [6, 6.07) is 23.3. The third kappa shape index (κ3) is 6.08. The van der Waals surface area contributed by atoms with Gasteiger partial charge < -0.3 is 25.4 Å². The van der Waals surface area contributed by atoms with Gasteiger partial charge in [0, 0.05) is 50.0 Å². The molecule has 4 aromatic rings. The fourth-order valence-corrected chi connectivity index (χ4v) is 6.44. The highest BCUT2D eigenvalue weighted by atomic mass is 16.2. The van der Waals surface area contributed by atoms with Crippen LogP contribution in [0.4, 0.5) is 0 Å². The predicted octanol–water partition coefficient (Wildman–Crippen LogP) is 3.00. The Hall–Kier alpha value is -4.92. The number of carbonyl (C=O) groups excluding carboxylic acids is 4. The highest BCUT2D eigenvalue weighted by Crippen LogP contribution is 2.24. The van der Waals surface area contributed by atoms with Crippen molar-refractivity contribution >= 4 is 34.5 Å². The summed E-state index contributed by atoms with van der Waals surface area (Å²) in [5.41, 5.74) is 3.56. The van der Waals surface area contributed by atoms with Gasteiger partial charge in [0.05, 0.1) is 0 Å². The van der Waals surface area contributed by atoms with Gasteiger partial charge in [-0.25, -0.2) is 0 Å². The molecular weight excluding hydrogens is 554 g/mol. The maximum absolute atomic E-state index is 14.1. The molecule has 3 aromatic carbocycles. The van der Waals surface area contributed by atoms with Crippen LogP contribution in [-0.4, -0.2) is 76.2 Å². The molecule has 4 unspecified atom stereocenters. The van der Waals surface area contributed by atoms with Gasteiger partial charge in [-0.3, -0.25) is 19.2 Å². The number of hydrogen-bond donors (Lipinski definition) is 3. The lowest BCUT2D eigenvalue weighted by molar-refractivity contribution is -0.149. The average Bonchev–Trinajstić information content (AvgIpc) is 3.70. The molecule has 9 heteroatoms. The van der Waals surface area contributed by atoms with Gasteiger partial charge in [-0.05, 0) is 35.6 Å². The third-order valence-corrected chi connectivity index (χ3v) is 8.84. The topological polar surface area (TPSA) is 115 Å². The van der Waals surface area contributed by atoms with Crippen molar-refractivity contribution in [3.05, 3.63) is 108 Å². The molecule has 9 nitrogen and oxygen atoms in total. The normalized spacial score (nSPS) is 23.1. The van der Waals surface area contributed by atoms with Gasteiger partial charge in [0.15, 0.2) is 0 Å². The van der Waals surface area contributed by atoms with Crippen LogP contribution >= 0.6 is 0 Å². The summed E-state index contributed by atoms with van der Waals surface area (Å²) >= 11 is 0. The zero-order valence-corrected chi connectivity index (χ0v) is 24.7. The molecule has 0 spiro atoms. The summed E-state index contributed by atoms with van der Waals surface area (Å²) in [4.78, 5) is 62.6. The standard InChI is InChI=1S/C35H37N5O4/c1-39-31(20-24-13-6-3-7-14-24)33(42)37-28(21-25-22-36-27-16-9-8-15-26(25)27)32(41)38-29(19-23-11-4-2-5-12-23)34(43)40-18-10-17-30(40)35(39)44/h2-9,11-16,22,28-31,36H,10,17-21H2,1H3,(H,37,42)(H,38,41). The molecule has 2 aliphatic rings. The lowest BCUT2D eigenvalue weighted by Crippen LogP contribution is -2.62. The van der Waals surface area contributed by atoms with Crippen molar-refractivity contribution in [2.24, 2.45) is 0 Å². The quantitative estimate of drug-likeness (QED) is 0.320. The summed E-state index contributed by atoms with van der Waals surface area (Å²) in [6.07, 6.45) is 3.76. The van der Waals surface area contributed by atoms with E-state index in [1.54, 1.807) is 11.9 Å². The van der Waals surface area contributed by atoms with Crippen molar-refractivity contribution < 1.29 is 19.2 Å². The SMILES string of the molecule is CN1C(=O)C2CCCN2C(=O)C(Cc2ccccc2)NC(=O)C(Cc2c[nH]c3ccccc23)NC(=O)C1Cc1ccccc1. The minimum Gasteiger partial charge on any atom is -0.361 e. The van der Waals surface area contributed by atoms with E-state index >= 15 is 0 Å². The van der Waals surface area contributed by atoms with Crippen molar-refractivity contribution in [2.45, 2.75) is 56.3 Å². The van der Waals surface area contributed by atoms with Gasteiger partial charge in [0.1, 0.15) is 24.2 Å². The van der Waals surface area contributed by atoms with Crippen molar-refractivity contribution in [1.82, 2.24) is 25.4 Å². The fraction of sp³-hybridized carbons (Fsp3) is 0.314. The second-order valence-corrected chi connectivity index (χ2v) is 11.7. The number of likely N-dealkylation sites (N-methyl/N-ethyl adjacent to an activating group) is 1. The number of aromatic nitrogens is 1. The summed E-state index contributed by atoms with van der Waals surface area (Å²) in [5.74, 6) is -1.42. The van der Waals surface area contributed by atoms with Gasteiger partial charge >= 0.3 is 0 Å². The third-order valence-electron chi connectivity index (χ3n) is 8.84. The molecular formula is C35H37N5O4. The van der Waals surface area contributed by atoms with E-state index in [4.69, 9.17) is 0 Å². The van der Waals surface area contributed by atoms with E-state index in [1.807, 2.05) is 91.1 Å². The number of nitrogens with zero attached hydrogens (tertiary/aromatic N) is 2.